The number of carbonyl (C=O) groups excluding carboxylic acids is 2. The zero-order valence-electron chi connectivity index (χ0n) is 14.9. The minimum absolute atomic E-state index is 0.0382. The molecule has 1 heterocycles. The van der Waals surface area contributed by atoms with Crippen LogP contribution >= 0.6 is 11.6 Å². The van der Waals surface area contributed by atoms with Crippen molar-refractivity contribution in [1.29, 1.82) is 0 Å². The number of carbonyl (C=O) groups is 2. The number of rotatable bonds is 5. The molecule has 0 aliphatic heterocycles. The van der Waals surface area contributed by atoms with Gasteiger partial charge in [0.2, 0.25) is 5.91 Å². The molecule has 0 bridgehead atoms. The van der Waals surface area contributed by atoms with Crippen molar-refractivity contribution in [1.82, 2.24) is 15.3 Å². The summed E-state index contributed by atoms with van der Waals surface area (Å²) in [6.07, 6.45) is 6.34. The van der Waals surface area contributed by atoms with Crippen LogP contribution in [0.5, 0.6) is 6.01 Å². The predicted molar refractivity (Wildman–Crippen MR) is 102 cm³/mol. The molecule has 1 aliphatic carbocycles. The van der Waals surface area contributed by atoms with E-state index in [1.54, 1.807) is 24.3 Å². The van der Waals surface area contributed by atoms with Crippen LogP contribution in [0, 0.1) is 0 Å². The Morgan fingerprint density at radius 1 is 1.07 bits per heavy atom. The largest absolute Gasteiger partial charge is 0.460 e. The molecule has 2 N–H and O–H groups in total. The van der Waals surface area contributed by atoms with Crippen molar-refractivity contribution in [2.24, 2.45) is 0 Å². The number of benzene rings is 1. The zero-order chi connectivity index (χ0) is 19.2. The van der Waals surface area contributed by atoms with E-state index in [1.165, 1.54) is 19.3 Å². The molecule has 8 heteroatoms. The van der Waals surface area contributed by atoms with Crippen molar-refractivity contribution in [3.63, 3.8) is 0 Å². The summed E-state index contributed by atoms with van der Waals surface area (Å²) < 4.78 is 5.77. The molecule has 1 saturated carbocycles. The summed E-state index contributed by atoms with van der Waals surface area (Å²) in [5.41, 5.74) is 1.23. The molecule has 3 rings (SSSR count). The average molecular weight is 389 g/mol. The van der Waals surface area contributed by atoms with Crippen LogP contribution < -0.4 is 15.4 Å². The average Bonchev–Trinajstić information content (AvgIpc) is 2.65. The number of nitrogens with zero attached hydrogens (tertiary/aromatic N) is 2. The molecule has 2 amide bonds. The summed E-state index contributed by atoms with van der Waals surface area (Å²) in [4.78, 5) is 31.5. The molecule has 7 nitrogen and oxygen atoms in total. The minimum Gasteiger partial charge on any atom is -0.460 e. The number of hydrogen-bond donors (Lipinski definition) is 2. The zero-order valence-corrected chi connectivity index (χ0v) is 15.7. The van der Waals surface area contributed by atoms with Crippen molar-refractivity contribution in [3.05, 3.63) is 47.2 Å². The quantitative estimate of drug-likeness (QED) is 0.820. The first-order valence-electron chi connectivity index (χ1n) is 8.82. The Labute approximate surface area is 162 Å². The molecule has 1 aliphatic rings. The molecule has 142 valence electrons. The SMILES string of the molecule is CC(=O)Nc1ccc(C(=O)NC2CCC(Oc3ncc(Cl)cn3)CC2)cc1. The standard InChI is InChI=1S/C19H21ClN4O3/c1-12(25)23-15-4-2-13(3-5-15)18(26)24-16-6-8-17(9-7-16)27-19-21-10-14(20)11-22-19/h2-5,10-11,16-17H,6-9H2,1H3,(H,23,25)(H,24,26). The lowest BCUT2D eigenvalue weighted by Crippen LogP contribution is -2.39. The first-order chi connectivity index (χ1) is 13.0. The van der Waals surface area contributed by atoms with E-state index in [-0.39, 0.29) is 24.0 Å². The predicted octanol–water partition coefficient (Wildman–Crippen LogP) is 3.21. The Morgan fingerprint density at radius 2 is 1.70 bits per heavy atom. The van der Waals surface area contributed by atoms with Crippen LogP contribution in [0.4, 0.5) is 5.69 Å². The van der Waals surface area contributed by atoms with E-state index in [9.17, 15) is 9.59 Å². The molecule has 27 heavy (non-hydrogen) atoms. The van der Waals surface area contributed by atoms with Gasteiger partial charge < -0.3 is 15.4 Å². The molecular weight excluding hydrogens is 368 g/mol. The summed E-state index contributed by atoms with van der Waals surface area (Å²) in [7, 11) is 0. The third-order valence-corrected chi connectivity index (χ3v) is 4.54. The Balaban J connectivity index is 1.46. The normalized spacial score (nSPS) is 19.2. The van der Waals surface area contributed by atoms with Gasteiger partial charge in [0.25, 0.3) is 5.91 Å². The van der Waals surface area contributed by atoms with E-state index >= 15 is 0 Å². The Kier molecular flexibility index (Phi) is 6.24. The smallest absolute Gasteiger partial charge is 0.316 e. The topological polar surface area (TPSA) is 93.2 Å². The summed E-state index contributed by atoms with van der Waals surface area (Å²) in [5.74, 6) is -0.259. The van der Waals surface area contributed by atoms with E-state index < -0.39 is 0 Å². The van der Waals surface area contributed by atoms with Crippen LogP contribution in [0.1, 0.15) is 43.0 Å². The fourth-order valence-corrected chi connectivity index (χ4v) is 3.11. The molecule has 0 atom stereocenters. The van der Waals surface area contributed by atoms with Gasteiger partial charge >= 0.3 is 6.01 Å². The molecule has 2 aromatic rings. The minimum atomic E-state index is -0.143. The summed E-state index contributed by atoms with van der Waals surface area (Å²) in [5, 5.41) is 6.21. The van der Waals surface area contributed by atoms with Crippen molar-refractivity contribution in [2.75, 3.05) is 5.32 Å². The second kappa shape index (κ2) is 8.81. The van der Waals surface area contributed by atoms with Crippen molar-refractivity contribution in [3.8, 4) is 6.01 Å². The lowest BCUT2D eigenvalue weighted by atomic mass is 9.92. The number of ether oxygens (including phenoxy) is 1. The van der Waals surface area contributed by atoms with E-state index in [2.05, 4.69) is 20.6 Å². The molecule has 0 radical (unpaired) electrons. The summed E-state index contributed by atoms with van der Waals surface area (Å²) in [6.45, 7) is 1.44. The second-order valence-corrected chi connectivity index (χ2v) is 6.94. The third kappa shape index (κ3) is 5.65. The van der Waals surface area contributed by atoms with E-state index in [0.29, 0.717) is 22.3 Å². The molecule has 1 aromatic carbocycles. The second-order valence-electron chi connectivity index (χ2n) is 6.51. The van der Waals surface area contributed by atoms with Gasteiger partial charge in [-0.1, -0.05) is 11.6 Å². The van der Waals surface area contributed by atoms with Gasteiger partial charge in [0.15, 0.2) is 0 Å². The van der Waals surface area contributed by atoms with Crippen LogP contribution in [-0.4, -0.2) is 33.9 Å². The van der Waals surface area contributed by atoms with Gasteiger partial charge in [-0.3, -0.25) is 9.59 Å². The first kappa shape index (κ1) is 19.1. The molecule has 1 fully saturated rings. The Bertz CT molecular complexity index is 788. The highest BCUT2D eigenvalue weighted by atomic mass is 35.5. The molecule has 0 saturated heterocycles. The van der Waals surface area contributed by atoms with Gasteiger partial charge in [0, 0.05) is 24.2 Å². The number of aromatic nitrogens is 2. The van der Waals surface area contributed by atoms with E-state index in [0.717, 1.165) is 25.7 Å². The van der Waals surface area contributed by atoms with Crippen LogP contribution in [-0.2, 0) is 4.79 Å². The summed E-state index contributed by atoms with van der Waals surface area (Å²) in [6, 6.07) is 7.27. The number of hydrogen-bond acceptors (Lipinski definition) is 5. The maximum absolute atomic E-state index is 12.4. The van der Waals surface area contributed by atoms with Crippen LogP contribution in [0.2, 0.25) is 5.02 Å². The van der Waals surface area contributed by atoms with Gasteiger partial charge in [-0.25, -0.2) is 9.97 Å². The van der Waals surface area contributed by atoms with Crippen LogP contribution in [0.15, 0.2) is 36.7 Å². The highest BCUT2D eigenvalue weighted by Crippen LogP contribution is 2.23. The number of nitrogens with one attached hydrogen (secondary N) is 2. The van der Waals surface area contributed by atoms with Gasteiger partial charge in [-0.2, -0.15) is 0 Å². The van der Waals surface area contributed by atoms with Gasteiger partial charge in [-0.05, 0) is 49.9 Å². The first-order valence-corrected chi connectivity index (χ1v) is 9.20. The van der Waals surface area contributed by atoms with Crippen LogP contribution in [0.25, 0.3) is 0 Å². The fraction of sp³-hybridized carbons (Fsp3) is 0.368. The third-order valence-electron chi connectivity index (χ3n) is 4.35. The fourth-order valence-electron chi connectivity index (χ4n) is 3.01. The van der Waals surface area contributed by atoms with Crippen molar-refractivity contribution < 1.29 is 14.3 Å². The Hall–Kier alpha value is -2.67. The van der Waals surface area contributed by atoms with Crippen LogP contribution in [0.3, 0.4) is 0 Å². The lowest BCUT2D eigenvalue weighted by molar-refractivity contribution is -0.114. The lowest BCUT2D eigenvalue weighted by Gasteiger charge is -2.28. The number of halogens is 1. The molecular formula is C19H21ClN4O3. The van der Waals surface area contributed by atoms with E-state index in [1.807, 2.05) is 0 Å². The highest BCUT2D eigenvalue weighted by molar-refractivity contribution is 6.30. The van der Waals surface area contributed by atoms with Gasteiger partial charge in [0.05, 0.1) is 17.4 Å². The van der Waals surface area contributed by atoms with Crippen molar-refractivity contribution in [2.45, 2.75) is 44.8 Å². The molecule has 0 unspecified atom stereocenters. The maximum atomic E-state index is 12.4. The van der Waals surface area contributed by atoms with Gasteiger partial charge in [0.1, 0.15) is 6.10 Å². The molecule has 0 spiro atoms. The monoisotopic (exact) mass is 388 g/mol. The van der Waals surface area contributed by atoms with E-state index in [4.69, 9.17) is 16.3 Å². The Morgan fingerprint density at radius 3 is 2.30 bits per heavy atom. The van der Waals surface area contributed by atoms with Crippen molar-refractivity contribution >= 4 is 29.1 Å². The number of amides is 2. The number of anilines is 1. The summed E-state index contributed by atoms with van der Waals surface area (Å²) >= 11 is 5.76. The maximum Gasteiger partial charge on any atom is 0.316 e. The molecule has 1 aromatic heterocycles. The highest BCUT2D eigenvalue weighted by Gasteiger charge is 2.24. The van der Waals surface area contributed by atoms with Gasteiger partial charge in [-0.15, -0.1) is 0 Å².